The number of alkyl halides is 6. The molecular formula is C24H19ClF7N7O4. The normalized spacial score (nSPS) is 14.4. The van der Waals surface area contributed by atoms with E-state index in [4.69, 9.17) is 17.3 Å². The Morgan fingerprint density at radius 1 is 1.09 bits per heavy atom. The van der Waals surface area contributed by atoms with Gasteiger partial charge in [0.15, 0.2) is 11.6 Å². The molecule has 0 radical (unpaired) electrons. The summed E-state index contributed by atoms with van der Waals surface area (Å²) in [6, 6.07) is 9.10. The number of aliphatic hydroxyl groups excluding tert-OH is 1. The summed E-state index contributed by atoms with van der Waals surface area (Å²) in [7, 11) is 0. The molecule has 0 saturated carbocycles. The second-order valence-electron chi connectivity index (χ2n) is 8.99. The fraction of sp³-hybridized carbons (Fsp3) is 0.292. The fourth-order valence-electron chi connectivity index (χ4n) is 3.81. The van der Waals surface area contributed by atoms with Crippen molar-refractivity contribution in [1.29, 1.82) is 0 Å². The van der Waals surface area contributed by atoms with Crippen LogP contribution in [0, 0.1) is 5.82 Å². The third-order valence-electron chi connectivity index (χ3n) is 5.72. The van der Waals surface area contributed by atoms with E-state index < -0.39 is 60.6 Å². The Morgan fingerprint density at radius 2 is 1.74 bits per heavy atom. The minimum atomic E-state index is -5.79. The van der Waals surface area contributed by atoms with Crippen molar-refractivity contribution in [3.63, 3.8) is 0 Å². The van der Waals surface area contributed by atoms with Crippen LogP contribution in [0.1, 0.15) is 30.8 Å². The van der Waals surface area contributed by atoms with Crippen LogP contribution in [0.15, 0.2) is 53.3 Å². The summed E-state index contributed by atoms with van der Waals surface area (Å²) in [5.74, 6) is -4.61. The van der Waals surface area contributed by atoms with E-state index in [0.717, 1.165) is 16.8 Å². The predicted molar refractivity (Wildman–Crippen MR) is 133 cm³/mol. The standard InChI is InChI=1S/C24H19ClF7N7O4/c1-11(33)18-34-16(35-39(18)15-4-2-3-14(26)9-15)10-37-22(42)38(19(36-37)12-5-7-13(25)8-6-12)20(17(40)23(27,28)29)43-21(41)24(30,31)32/h2-9,11,17,20,40H,10,33H2,1H3/t11?,17-,20?/m0/s1. The maximum Gasteiger partial charge on any atom is 0.491 e. The van der Waals surface area contributed by atoms with Gasteiger partial charge in [0.25, 0.3) is 0 Å². The topological polar surface area (TPSA) is 143 Å². The summed E-state index contributed by atoms with van der Waals surface area (Å²) >= 11 is 5.85. The molecule has 0 aliphatic carbocycles. The number of hydrogen-bond donors (Lipinski definition) is 2. The highest BCUT2D eigenvalue weighted by Crippen LogP contribution is 2.33. The molecular weight excluding hydrogens is 619 g/mol. The number of halogens is 8. The number of carbonyl (C=O) groups is 1. The summed E-state index contributed by atoms with van der Waals surface area (Å²) in [6.07, 6.45) is -18.5. The molecule has 4 rings (SSSR count). The van der Waals surface area contributed by atoms with Crippen molar-refractivity contribution in [2.45, 2.75) is 44.2 Å². The number of hydrogen-bond acceptors (Lipinski definition) is 8. The first kappa shape index (κ1) is 31.6. The number of aromatic nitrogens is 6. The molecule has 0 fully saturated rings. The Kier molecular flexibility index (Phi) is 8.66. The number of aliphatic hydroxyl groups is 1. The van der Waals surface area contributed by atoms with Gasteiger partial charge in [-0.05, 0) is 49.4 Å². The van der Waals surface area contributed by atoms with Crippen LogP contribution in [0.25, 0.3) is 17.1 Å². The van der Waals surface area contributed by atoms with E-state index in [2.05, 4.69) is 19.9 Å². The van der Waals surface area contributed by atoms with Crippen molar-refractivity contribution >= 4 is 17.6 Å². The maximum absolute atomic E-state index is 13.8. The van der Waals surface area contributed by atoms with Crippen LogP contribution < -0.4 is 11.4 Å². The summed E-state index contributed by atoms with van der Waals surface area (Å²) in [5, 5.41) is 18.2. The van der Waals surface area contributed by atoms with Crippen molar-refractivity contribution in [3.05, 3.63) is 81.5 Å². The first-order chi connectivity index (χ1) is 20.0. The zero-order valence-corrected chi connectivity index (χ0v) is 22.3. The average molecular weight is 638 g/mol. The molecule has 0 aliphatic rings. The van der Waals surface area contributed by atoms with Crippen LogP contribution in [0.5, 0.6) is 0 Å². The molecule has 2 aromatic heterocycles. The predicted octanol–water partition coefficient (Wildman–Crippen LogP) is 3.68. The highest BCUT2D eigenvalue weighted by Gasteiger charge is 2.51. The smallest absolute Gasteiger partial charge is 0.431 e. The minimum absolute atomic E-state index is 0.0545. The molecule has 0 saturated heterocycles. The lowest BCUT2D eigenvalue weighted by Gasteiger charge is -2.26. The molecule has 3 N–H and O–H groups in total. The van der Waals surface area contributed by atoms with Crippen LogP contribution in [-0.2, 0) is 16.1 Å². The Balaban J connectivity index is 1.89. The number of esters is 1. The van der Waals surface area contributed by atoms with Crippen LogP contribution in [0.2, 0.25) is 5.02 Å². The minimum Gasteiger partial charge on any atom is -0.431 e. The quantitative estimate of drug-likeness (QED) is 0.220. The number of ether oxygens (including phenoxy) is 1. The van der Waals surface area contributed by atoms with Gasteiger partial charge in [0.05, 0.1) is 11.7 Å². The van der Waals surface area contributed by atoms with Gasteiger partial charge in [-0.2, -0.15) is 26.3 Å². The molecule has 0 spiro atoms. The van der Waals surface area contributed by atoms with Crippen molar-refractivity contribution < 1.29 is 45.4 Å². The van der Waals surface area contributed by atoms with Gasteiger partial charge in [-0.15, -0.1) is 10.2 Å². The number of carbonyl (C=O) groups excluding carboxylic acids is 1. The molecule has 19 heteroatoms. The van der Waals surface area contributed by atoms with Crippen LogP contribution in [0.3, 0.4) is 0 Å². The van der Waals surface area contributed by atoms with E-state index in [-0.39, 0.29) is 32.5 Å². The first-order valence-electron chi connectivity index (χ1n) is 11.9. The third kappa shape index (κ3) is 6.86. The summed E-state index contributed by atoms with van der Waals surface area (Å²) in [5.41, 5.74) is 4.43. The Morgan fingerprint density at radius 3 is 2.30 bits per heavy atom. The summed E-state index contributed by atoms with van der Waals surface area (Å²) < 4.78 is 99.1. The SMILES string of the molecule is CC(N)c1nc(Cn2nc(-c3ccc(Cl)cc3)n(C(OC(=O)C(F)(F)F)[C@H](O)C(F)(F)F)c2=O)nn1-c1cccc(F)c1. The molecule has 3 atom stereocenters. The number of nitrogens with zero attached hydrogens (tertiary/aromatic N) is 6. The van der Waals surface area contributed by atoms with Crippen LogP contribution in [-0.4, -0.2) is 58.6 Å². The lowest BCUT2D eigenvalue weighted by molar-refractivity contribution is -0.260. The Bertz CT molecular complexity index is 1680. The van der Waals surface area contributed by atoms with E-state index in [1.165, 1.54) is 43.3 Å². The maximum atomic E-state index is 13.8. The zero-order valence-electron chi connectivity index (χ0n) is 21.5. The molecule has 0 amide bonds. The van der Waals surface area contributed by atoms with Crippen LogP contribution >= 0.6 is 11.6 Å². The van der Waals surface area contributed by atoms with Crippen molar-refractivity contribution in [2.24, 2.45) is 5.73 Å². The Hall–Kier alpha value is -4.29. The van der Waals surface area contributed by atoms with Gasteiger partial charge in [0, 0.05) is 10.6 Å². The van der Waals surface area contributed by atoms with Gasteiger partial charge >= 0.3 is 24.0 Å². The van der Waals surface area contributed by atoms with Crippen LogP contribution in [0.4, 0.5) is 30.7 Å². The Labute approximate surface area is 240 Å². The molecule has 11 nitrogen and oxygen atoms in total. The van der Waals surface area contributed by atoms with Gasteiger partial charge in [-0.1, -0.05) is 17.7 Å². The van der Waals surface area contributed by atoms with Gasteiger partial charge in [0.2, 0.25) is 12.3 Å². The average Bonchev–Trinajstić information content (AvgIpc) is 3.48. The molecule has 0 aliphatic heterocycles. The van der Waals surface area contributed by atoms with Gasteiger partial charge in [-0.25, -0.2) is 32.9 Å². The van der Waals surface area contributed by atoms with Gasteiger partial charge < -0.3 is 15.6 Å². The molecule has 0 bridgehead atoms. The summed E-state index contributed by atoms with van der Waals surface area (Å²) in [6.45, 7) is 0.817. The van der Waals surface area contributed by atoms with Gasteiger partial charge in [-0.3, -0.25) is 0 Å². The monoisotopic (exact) mass is 637 g/mol. The van der Waals surface area contributed by atoms with Crippen molar-refractivity contribution in [1.82, 2.24) is 29.1 Å². The lowest BCUT2D eigenvalue weighted by atomic mass is 10.2. The van der Waals surface area contributed by atoms with Crippen molar-refractivity contribution in [3.8, 4) is 17.1 Å². The molecule has 4 aromatic rings. The fourth-order valence-corrected chi connectivity index (χ4v) is 3.93. The van der Waals surface area contributed by atoms with E-state index in [9.17, 15) is 45.4 Å². The second-order valence-corrected chi connectivity index (χ2v) is 9.42. The van der Waals surface area contributed by atoms with E-state index in [1.54, 1.807) is 0 Å². The molecule has 43 heavy (non-hydrogen) atoms. The molecule has 2 aromatic carbocycles. The third-order valence-corrected chi connectivity index (χ3v) is 5.97. The zero-order chi connectivity index (χ0) is 31.9. The van der Waals surface area contributed by atoms with Gasteiger partial charge in [0.1, 0.15) is 18.2 Å². The second kappa shape index (κ2) is 11.8. The highest BCUT2D eigenvalue weighted by atomic mass is 35.5. The summed E-state index contributed by atoms with van der Waals surface area (Å²) in [4.78, 5) is 29.2. The lowest BCUT2D eigenvalue weighted by Crippen LogP contribution is -2.45. The number of benzene rings is 2. The van der Waals surface area contributed by atoms with E-state index in [0.29, 0.717) is 4.68 Å². The molecule has 230 valence electrons. The number of nitrogens with two attached hydrogens (primary N) is 1. The van der Waals surface area contributed by atoms with E-state index in [1.807, 2.05) is 0 Å². The van der Waals surface area contributed by atoms with E-state index >= 15 is 0 Å². The number of rotatable bonds is 8. The molecule has 2 unspecified atom stereocenters. The largest absolute Gasteiger partial charge is 0.491 e. The first-order valence-corrected chi connectivity index (χ1v) is 12.3. The highest BCUT2D eigenvalue weighted by molar-refractivity contribution is 6.30. The molecule has 2 heterocycles. The van der Waals surface area contributed by atoms with Crippen molar-refractivity contribution in [2.75, 3.05) is 0 Å².